The number of benzene rings is 1. The Morgan fingerprint density at radius 3 is 2.64 bits per heavy atom. The highest BCUT2D eigenvalue weighted by molar-refractivity contribution is 5.90. The van der Waals surface area contributed by atoms with Gasteiger partial charge in [-0.1, -0.05) is 18.2 Å². The van der Waals surface area contributed by atoms with Gasteiger partial charge in [0.05, 0.1) is 12.2 Å². The minimum atomic E-state index is -0.460. The molecule has 0 aliphatic rings. The molecule has 0 fully saturated rings. The van der Waals surface area contributed by atoms with Gasteiger partial charge < -0.3 is 5.32 Å². The summed E-state index contributed by atoms with van der Waals surface area (Å²) < 4.78 is 1.17. The third-order valence-electron chi connectivity index (χ3n) is 3.36. The topological polar surface area (TPSA) is 87.8 Å². The fourth-order valence-electron chi connectivity index (χ4n) is 2.01. The Kier molecular flexibility index (Phi) is 4.69. The van der Waals surface area contributed by atoms with Crippen molar-refractivity contribution in [3.8, 4) is 6.07 Å². The van der Waals surface area contributed by atoms with Crippen molar-refractivity contribution in [3.05, 3.63) is 57.5 Å². The molecular weight excluding hydrogens is 280 g/mol. The van der Waals surface area contributed by atoms with Crippen molar-refractivity contribution in [2.75, 3.05) is 5.32 Å². The summed E-state index contributed by atoms with van der Waals surface area (Å²) in [6.07, 6.45) is 0.106. The van der Waals surface area contributed by atoms with Crippen LogP contribution in [0.1, 0.15) is 23.2 Å². The van der Waals surface area contributed by atoms with Crippen LogP contribution in [-0.4, -0.2) is 15.7 Å². The summed E-state index contributed by atoms with van der Waals surface area (Å²) in [5, 5.41) is 15.9. The fourth-order valence-corrected chi connectivity index (χ4v) is 2.01. The van der Waals surface area contributed by atoms with Crippen molar-refractivity contribution in [2.24, 2.45) is 0 Å². The van der Waals surface area contributed by atoms with E-state index in [9.17, 15) is 9.59 Å². The highest BCUT2D eigenvalue weighted by Gasteiger charge is 2.12. The number of hydrogen-bond donors (Lipinski definition) is 1. The number of amides is 1. The van der Waals surface area contributed by atoms with Gasteiger partial charge in [0.1, 0.15) is 11.6 Å². The summed E-state index contributed by atoms with van der Waals surface area (Å²) >= 11 is 0. The second-order valence-corrected chi connectivity index (χ2v) is 4.89. The lowest BCUT2D eigenvalue weighted by atomic mass is 10.1. The van der Waals surface area contributed by atoms with E-state index in [0.717, 1.165) is 0 Å². The van der Waals surface area contributed by atoms with Crippen LogP contribution in [0.4, 0.5) is 5.69 Å². The monoisotopic (exact) mass is 296 g/mol. The summed E-state index contributed by atoms with van der Waals surface area (Å²) in [6, 6.07) is 11.0. The van der Waals surface area contributed by atoms with Gasteiger partial charge in [0, 0.05) is 12.1 Å². The van der Waals surface area contributed by atoms with Gasteiger partial charge in [0.25, 0.3) is 5.56 Å². The largest absolute Gasteiger partial charge is 0.326 e. The first-order valence-electron chi connectivity index (χ1n) is 6.86. The Morgan fingerprint density at radius 1 is 1.32 bits per heavy atom. The van der Waals surface area contributed by atoms with E-state index in [2.05, 4.69) is 10.4 Å². The van der Waals surface area contributed by atoms with Crippen LogP contribution in [0.15, 0.2) is 35.1 Å². The van der Waals surface area contributed by atoms with Gasteiger partial charge >= 0.3 is 0 Å². The molecule has 112 valence electrons. The van der Waals surface area contributed by atoms with Crippen molar-refractivity contribution in [2.45, 2.75) is 26.8 Å². The molecule has 1 aromatic carbocycles. The first kappa shape index (κ1) is 15.4. The maximum absolute atomic E-state index is 12.1. The minimum Gasteiger partial charge on any atom is -0.326 e. The van der Waals surface area contributed by atoms with Gasteiger partial charge in [0.15, 0.2) is 0 Å². The maximum Gasteiger partial charge on any atom is 0.284 e. The third-order valence-corrected chi connectivity index (χ3v) is 3.36. The second-order valence-electron chi connectivity index (χ2n) is 4.89. The molecule has 1 N–H and O–H groups in total. The lowest BCUT2D eigenvalue weighted by Gasteiger charge is -2.09. The van der Waals surface area contributed by atoms with E-state index >= 15 is 0 Å². The molecule has 6 heteroatoms. The van der Waals surface area contributed by atoms with E-state index in [4.69, 9.17) is 5.26 Å². The molecule has 0 atom stereocenters. The van der Waals surface area contributed by atoms with Crippen LogP contribution in [0.3, 0.4) is 0 Å². The summed E-state index contributed by atoms with van der Waals surface area (Å²) in [7, 11) is 0. The molecule has 1 heterocycles. The summed E-state index contributed by atoms with van der Waals surface area (Å²) in [4.78, 5) is 24.0. The van der Waals surface area contributed by atoms with Crippen molar-refractivity contribution >= 4 is 11.6 Å². The molecule has 2 aromatic rings. The molecule has 0 aliphatic carbocycles. The first-order valence-corrected chi connectivity index (χ1v) is 6.86. The summed E-state index contributed by atoms with van der Waals surface area (Å²) in [5.74, 6) is -0.211. The molecule has 1 aromatic heterocycles. The molecule has 6 nitrogen and oxygen atoms in total. The van der Waals surface area contributed by atoms with Crippen molar-refractivity contribution in [1.82, 2.24) is 9.78 Å². The number of para-hydroxylation sites is 1. The number of carbonyl (C=O) groups is 1. The number of nitrogens with zero attached hydrogens (tertiary/aromatic N) is 3. The smallest absolute Gasteiger partial charge is 0.284 e. The number of aromatic nitrogens is 2. The van der Waals surface area contributed by atoms with Gasteiger partial charge in [-0.15, -0.1) is 0 Å². The molecule has 1 amide bonds. The lowest BCUT2D eigenvalue weighted by molar-refractivity contribution is -0.116. The van der Waals surface area contributed by atoms with Crippen molar-refractivity contribution in [1.29, 1.82) is 5.26 Å². The SMILES string of the molecule is Cc1nn(CCC(=O)Nc2ccccc2)c(=O)c(C#N)c1C. The predicted octanol–water partition coefficient (Wildman–Crippen LogP) is 1.76. The van der Waals surface area contributed by atoms with Crippen molar-refractivity contribution < 1.29 is 4.79 Å². The zero-order valence-corrected chi connectivity index (χ0v) is 12.5. The van der Waals surface area contributed by atoms with Gasteiger partial charge in [-0.05, 0) is 31.5 Å². The normalized spacial score (nSPS) is 10.0. The standard InChI is InChI=1S/C16H16N4O2/c1-11-12(2)19-20(16(22)14(11)10-17)9-8-15(21)18-13-6-4-3-5-7-13/h3-7H,8-9H2,1-2H3,(H,18,21). The van der Waals surface area contributed by atoms with E-state index in [-0.39, 0.29) is 24.4 Å². The molecule has 0 radical (unpaired) electrons. The predicted molar refractivity (Wildman–Crippen MR) is 82.4 cm³/mol. The maximum atomic E-state index is 12.1. The number of anilines is 1. The van der Waals surface area contributed by atoms with Crippen molar-refractivity contribution in [3.63, 3.8) is 0 Å². The Morgan fingerprint density at radius 2 is 2.00 bits per heavy atom. The Hall–Kier alpha value is -2.94. The minimum absolute atomic E-state index is 0.0796. The van der Waals surface area contributed by atoms with Crippen LogP contribution in [0.5, 0.6) is 0 Å². The first-order chi connectivity index (χ1) is 10.5. The van der Waals surface area contributed by atoms with Crippen LogP contribution < -0.4 is 10.9 Å². The van der Waals surface area contributed by atoms with Crippen LogP contribution in [0.25, 0.3) is 0 Å². The molecule has 2 rings (SSSR count). The second kappa shape index (κ2) is 6.68. The number of nitriles is 1. The van der Waals surface area contributed by atoms with E-state index < -0.39 is 5.56 Å². The quantitative estimate of drug-likeness (QED) is 0.931. The summed E-state index contributed by atoms with van der Waals surface area (Å²) in [6.45, 7) is 3.55. The Bertz CT molecular complexity index is 788. The van der Waals surface area contributed by atoms with Gasteiger partial charge in [-0.2, -0.15) is 10.4 Å². The van der Waals surface area contributed by atoms with Crippen LogP contribution in [0.2, 0.25) is 0 Å². The van der Waals surface area contributed by atoms with E-state index in [0.29, 0.717) is 16.9 Å². The fraction of sp³-hybridized carbons (Fsp3) is 0.250. The number of nitrogens with one attached hydrogen (secondary N) is 1. The van der Waals surface area contributed by atoms with Crippen LogP contribution in [0, 0.1) is 25.2 Å². The zero-order chi connectivity index (χ0) is 16.1. The Balaban J connectivity index is 2.09. The molecule has 22 heavy (non-hydrogen) atoms. The number of rotatable bonds is 4. The molecule has 0 unspecified atom stereocenters. The number of carbonyl (C=O) groups excluding carboxylic acids is 1. The van der Waals surface area contributed by atoms with Gasteiger partial charge in [-0.25, -0.2) is 4.68 Å². The average Bonchev–Trinajstić information content (AvgIpc) is 2.51. The molecule has 0 bridgehead atoms. The molecular formula is C16H16N4O2. The molecule has 0 spiro atoms. The van der Waals surface area contributed by atoms with E-state index in [1.54, 1.807) is 26.0 Å². The van der Waals surface area contributed by atoms with Gasteiger partial charge in [-0.3, -0.25) is 9.59 Å². The zero-order valence-electron chi connectivity index (χ0n) is 12.5. The number of aryl methyl sites for hydroxylation is 2. The van der Waals surface area contributed by atoms with Gasteiger partial charge in [0.2, 0.25) is 5.91 Å². The third kappa shape index (κ3) is 3.38. The van der Waals surface area contributed by atoms with E-state index in [1.165, 1.54) is 4.68 Å². The average molecular weight is 296 g/mol. The highest BCUT2D eigenvalue weighted by Crippen LogP contribution is 2.07. The molecule has 0 saturated heterocycles. The highest BCUT2D eigenvalue weighted by atomic mass is 16.2. The van der Waals surface area contributed by atoms with E-state index in [1.807, 2.05) is 24.3 Å². The van der Waals surface area contributed by atoms with Crippen LogP contribution in [-0.2, 0) is 11.3 Å². The summed E-state index contributed by atoms with van der Waals surface area (Å²) in [5.41, 5.74) is 1.51. The Labute approximate surface area is 128 Å². The molecule has 0 saturated carbocycles. The lowest BCUT2D eigenvalue weighted by Crippen LogP contribution is -2.29. The van der Waals surface area contributed by atoms with Crippen LogP contribution >= 0.6 is 0 Å². The number of hydrogen-bond acceptors (Lipinski definition) is 4. The molecule has 0 aliphatic heterocycles.